The summed E-state index contributed by atoms with van der Waals surface area (Å²) in [5.41, 5.74) is 5.56. The average molecular weight is 844 g/mol. The first kappa shape index (κ1) is 48.2. The number of rotatable bonds is 15. The number of ether oxygens (including phenoxy) is 2. The number of fused-ring (bicyclic) bond motifs is 2. The van der Waals surface area contributed by atoms with E-state index in [1.165, 1.54) is 11.3 Å². The number of aromatic nitrogens is 3. The number of carboxylic acids is 2. The van der Waals surface area contributed by atoms with Gasteiger partial charge >= 0.3 is 17.9 Å². The number of nitrogens with one attached hydrogen (secondary N) is 1. The fraction of sp³-hybridized carbons (Fsp3) is 0.565. The van der Waals surface area contributed by atoms with Crippen LogP contribution in [0.25, 0.3) is 11.4 Å². The molecule has 15 heteroatoms. The lowest BCUT2D eigenvalue weighted by Gasteiger charge is -2.48. The summed E-state index contributed by atoms with van der Waals surface area (Å²) in [6.07, 6.45) is 3.12. The summed E-state index contributed by atoms with van der Waals surface area (Å²) in [7, 11) is 0. The minimum atomic E-state index is -1.14. The topological polar surface area (TPSA) is 198 Å². The first-order chi connectivity index (χ1) is 28.3. The number of hydrogen-bond donors (Lipinski definition) is 3. The standard InChI is InChI=1S/C40H53N7O6.C6H12O2/c1-11-39(7,8)37(51)53-18-12-17-46-30-19-24(2)29(20-28(30)25(3)21-40(46,9)10)42-33-34(38(4,5)6)44-47-36(33)43-35(45-47)26-13-15-27(16-14-26)41-31(48)22-52-23-32(49)50;1-4-6(2,3)5(7)8/h13-16,19-20,25H,11-12,17-18,21-23H2,1-10H3,(H,41,48)(H,49,50);4H2,1-3H3,(H,7,8). The smallest absolute Gasteiger partial charge is 0.329 e. The van der Waals surface area contributed by atoms with Crippen molar-refractivity contribution in [2.45, 2.75) is 127 Å². The predicted octanol–water partition coefficient (Wildman–Crippen LogP) is 8.65. The van der Waals surface area contributed by atoms with Crippen molar-refractivity contribution in [1.82, 2.24) is 14.9 Å². The van der Waals surface area contributed by atoms with Gasteiger partial charge < -0.3 is 29.9 Å². The molecule has 15 nitrogen and oxygen atoms in total. The Balaban J connectivity index is 0.000000929. The average Bonchev–Trinajstić information content (AvgIpc) is 3.74. The van der Waals surface area contributed by atoms with Crippen molar-refractivity contribution in [3.63, 3.8) is 0 Å². The third-order valence-corrected chi connectivity index (χ3v) is 11.4. The van der Waals surface area contributed by atoms with Gasteiger partial charge in [-0.1, -0.05) is 41.5 Å². The van der Waals surface area contributed by atoms with Crippen LogP contribution in [0.1, 0.15) is 132 Å². The summed E-state index contributed by atoms with van der Waals surface area (Å²) in [4.78, 5) is 59.7. The predicted molar refractivity (Wildman–Crippen MR) is 238 cm³/mol. The number of carboxylic acid groups (broad SMARTS) is 2. The van der Waals surface area contributed by atoms with E-state index in [4.69, 9.17) is 39.9 Å². The van der Waals surface area contributed by atoms with Crippen LogP contribution in [-0.2, 0) is 28.7 Å². The Morgan fingerprint density at radius 3 is 2.15 bits per heavy atom. The first-order valence-electron chi connectivity index (χ1n) is 21.0. The lowest BCUT2D eigenvalue weighted by Crippen LogP contribution is -2.49. The highest BCUT2D eigenvalue weighted by Crippen LogP contribution is 2.46. The van der Waals surface area contributed by atoms with Gasteiger partial charge in [0.15, 0.2) is 5.82 Å². The summed E-state index contributed by atoms with van der Waals surface area (Å²) in [5.74, 6) is -1.16. The van der Waals surface area contributed by atoms with Crippen LogP contribution in [-0.4, -0.2) is 92.2 Å². The van der Waals surface area contributed by atoms with Crippen LogP contribution in [0.15, 0.2) is 46.5 Å². The van der Waals surface area contributed by atoms with Crippen LogP contribution < -0.4 is 10.2 Å². The molecule has 0 fully saturated rings. The minimum Gasteiger partial charge on any atom is -0.481 e. The zero-order valence-corrected chi connectivity index (χ0v) is 38.2. The van der Waals surface area contributed by atoms with E-state index in [0.717, 1.165) is 48.3 Å². The third kappa shape index (κ3) is 11.9. The molecular weight excluding hydrogens is 779 g/mol. The number of aryl methyl sites for hydroxylation is 1. The van der Waals surface area contributed by atoms with E-state index in [1.807, 2.05) is 27.7 Å². The molecule has 2 aliphatic rings. The van der Waals surface area contributed by atoms with Crippen molar-refractivity contribution in [2.24, 2.45) is 26.3 Å². The molecular formula is C46H65N7O8. The maximum atomic E-state index is 12.6. The van der Waals surface area contributed by atoms with Gasteiger partial charge in [-0.2, -0.15) is 5.10 Å². The van der Waals surface area contributed by atoms with Gasteiger partial charge in [0, 0.05) is 34.4 Å². The zero-order valence-electron chi connectivity index (χ0n) is 38.2. The first-order valence-corrected chi connectivity index (χ1v) is 21.0. The van der Waals surface area contributed by atoms with Gasteiger partial charge in [0.2, 0.25) is 11.7 Å². The SMILES string of the molecule is CCC(C)(C)C(=O)O.CCC(C)(C)C(=O)OCCCN1c2cc(C)c(N=C3C(C(C)(C)C)=Nn4nc(-c5ccc(NC(=O)COCC(=O)O)cc5)nc43)cc2C(C)CC1(C)C. The van der Waals surface area contributed by atoms with Crippen molar-refractivity contribution in [3.8, 4) is 11.4 Å². The maximum absolute atomic E-state index is 12.6. The number of anilines is 2. The summed E-state index contributed by atoms with van der Waals surface area (Å²) >= 11 is 0. The van der Waals surface area contributed by atoms with Gasteiger partial charge in [0.25, 0.3) is 0 Å². The Bertz CT molecular complexity index is 2160. The summed E-state index contributed by atoms with van der Waals surface area (Å²) in [6, 6.07) is 11.5. The molecule has 0 saturated carbocycles. The number of amides is 1. The zero-order chi connectivity index (χ0) is 45.7. The molecule has 61 heavy (non-hydrogen) atoms. The second-order valence-corrected chi connectivity index (χ2v) is 18.9. The van der Waals surface area contributed by atoms with Gasteiger partial charge in [0.05, 0.1) is 28.8 Å². The molecule has 0 aliphatic carbocycles. The number of carbonyl (C=O) groups is 4. The Morgan fingerprint density at radius 1 is 0.951 bits per heavy atom. The van der Waals surface area contributed by atoms with Gasteiger partial charge in [-0.05, 0) is 128 Å². The lowest BCUT2D eigenvalue weighted by atomic mass is 9.79. The molecule has 1 atom stereocenters. The number of benzene rings is 2. The van der Waals surface area contributed by atoms with Gasteiger partial charge in [-0.25, -0.2) is 14.8 Å². The van der Waals surface area contributed by atoms with Crippen molar-refractivity contribution in [1.29, 1.82) is 0 Å². The monoisotopic (exact) mass is 843 g/mol. The lowest BCUT2D eigenvalue weighted by molar-refractivity contribution is -0.154. The van der Waals surface area contributed by atoms with Crippen molar-refractivity contribution in [2.75, 3.05) is 36.6 Å². The van der Waals surface area contributed by atoms with E-state index < -0.39 is 35.3 Å². The van der Waals surface area contributed by atoms with E-state index in [2.05, 4.69) is 70.8 Å². The fourth-order valence-corrected chi connectivity index (χ4v) is 6.79. The summed E-state index contributed by atoms with van der Waals surface area (Å²) < 4.78 is 10.5. The molecule has 1 amide bonds. The molecule has 2 aliphatic heterocycles. The second kappa shape index (κ2) is 19.1. The summed E-state index contributed by atoms with van der Waals surface area (Å²) in [6.45, 7) is 26.6. The van der Waals surface area contributed by atoms with Crippen LogP contribution >= 0.6 is 0 Å². The maximum Gasteiger partial charge on any atom is 0.329 e. The number of nitrogens with zero attached hydrogens (tertiary/aromatic N) is 6. The molecule has 332 valence electrons. The van der Waals surface area contributed by atoms with Crippen LogP contribution in [0.5, 0.6) is 0 Å². The van der Waals surface area contributed by atoms with Crippen molar-refractivity contribution in [3.05, 3.63) is 53.3 Å². The highest BCUT2D eigenvalue weighted by Gasteiger charge is 2.38. The highest BCUT2D eigenvalue weighted by molar-refractivity contribution is 6.50. The molecule has 0 spiro atoms. The van der Waals surface area contributed by atoms with Crippen molar-refractivity contribution >= 4 is 52.3 Å². The molecule has 1 aromatic heterocycles. The van der Waals surface area contributed by atoms with E-state index >= 15 is 0 Å². The number of hydrogen-bond acceptors (Lipinski definition) is 11. The highest BCUT2D eigenvalue weighted by atomic mass is 16.5. The Hall–Kier alpha value is -5.44. The number of carbonyl (C=O) groups excluding carboxylic acids is 2. The van der Waals surface area contributed by atoms with E-state index in [0.29, 0.717) is 42.0 Å². The molecule has 3 heterocycles. The molecule has 5 rings (SSSR count). The fourth-order valence-electron chi connectivity index (χ4n) is 6.79. The van der Waals surface area contributed by atoms with Gasteiger partial charge in [0.1, 0.15) is 18.9 Å². The van der Waals surface area contributed by atoms with Crippen LogP contribution in [0, 0.1) is 23.2 Å². The largest absolute Gasteiger partial charge is 0.481 e. The van der Waals surface area contributed by atoms with Crippen LogP contribution in [0.2, 0.25) is 0 Å². The molecule has 0 bridgehead atoms. The van der Waals surface area contributed by atoms with E-state index in [9.17, 15) is 19.2 Å². The number of esters is 1. The summed E-state index contributed by atoms with van der Waals surface area (Å²) in [5, 5.41) is 29.4. The molecule has 2 aromatic carbocycles. The molecule has 0 saturated heterocycles. The van der Waals surface area contributed by atoms with E-state index in [1.54, 1.807) is 42.9 Å². The molecule has 3 N–H and O–H groups in total. The van der Waals surface area contributed by atoms with Gasteiger partial charge in [-0.3, -0.25) is 14.4 Å². The molecule has 1 unspecified atom stereocenters. The third-order valence-electron chi connectivity index (χ3n) is 11.4. The second-order valence-electron chi connectivity index (χ2n) is 18.9. The quantitative estimate of drug-likeness (QED) is 0.0978. The van der Waals surface area contributed by atoms with Gasteiger partial charge in [-0.15, -0.1) is 9.89 Å². The minimum absolute atomic E-state index is 0.0799. The van der Waals surface area contributed by atoms with Crippen LogP contribution in [0.3, 0.4) is 0 Å². The normalized spacial score (nSPS) is 16.5. The Morgan fingerprint density at radius 2 is 1.59 bits per heavy atom. The number of aliphatic carboxylic acids is 2. The molecule has 0 radical (unpaired) electrons. The Labute approximate surface area is 360 Å². The van der Waals surface area contributed by atoms with Crippen molar-refractivity contribution < 1.29 is 38.9 Å². The van der Waals surface area contributed by atoms with Crippen LogP contribution in [0.4, 0.5) is 17.1 Å². The van der Waals surface area contributed by atoms with E-state index in [-0.39, 0.29) is 23.5 Å². The number of aliphatic imine (C=N–C) groups is 1. The molecule has 3 aromatic rings. The Kier molecular flexibility index (Phi) is 15.1.